The van der Waals surface area contributed by atoms with E-state index < -0.39 is 25.1 Å². The monoisotopic (exact) mass is 280 g/mol. The van der Waals surface area contributed by atoms with Crippen molar-refractivity contribution in [2.24, 2.45) is 0 Å². The average molecular weight is 280 g/mol. The second-order valence-corrected chi connectivity index (χ2v) is 7.33. The topological polar surface area (TPSA) is 83.8 Å². The molecule has 7 heteroatoms. The zero-order valence-corrected chi connectivity index (χ0v) is 12.3. The SMILES string of the molecule is C=CC(=O)C(C)(O)CP(=O)(O)OCC[N+](C)(C)C. The lowest BCUT2D eigenvalue weighted by molar-refractivity contribution is -0.870. The smallest absolute Gasteiger partial charge is 0.331 e. The Kier molecular flexibility index (Phi) is 5.91. The zero-order valence-electron chi connectivity index (χ0n) is 11.4. The molecule has 2 unspecified atom stereocenters. The molecule has 0 aliphatic heterocycles. The fraction of sp³-hybridized carbons (Fsp3) is 0.727. The van der Waals surface area contributed by atoms with Crippen molar-refractivity contribution in [3.8, 4) is 0 Å². The van der Waals surface area contributed by atoms with E-state index in [9.17, 15) is 19.4 Å². The molecule has 0 heterocycles. The van der Waals surface area contributed by atoms with Crippen LogP contribution in [0, 0.1) is 0 Å². The molecule has 0 saturated heterocycles. The number of hydrogen-bond acceptors (Lipinski definition) is 4. The first kappa shape index (κ1) is 17.5. The van der Waals surface area contributed by atoms with E-state index in [4.69, 9.17) is 4.52 Å². The number of hydrogen-bond donors (Lipinski definition) is 2. The molecule has 6 nitrogen and oxygen atoms in total. The molecule has 0 aliphatic carbocycles. The number of carbonyl (C=O) groups excluding carboxylic acids is 1. The van der Waals surface area contributed by atoms with E-state index >= 15 is 0 Å². The highest BCUT2D eigenvalue weighted by molar-refractivity contribution is 7.53. The maximum Gasteiger partial charge on any atom is 0.331 e. The Morgan fingerprint density at radius 3 is 2.39 bits per heavy atom. The Bertz CT molecular complexity index is 359. The summed E-state index contributed by atoms with van der Waals surface area (Å²) in [5, 5.41) is 9.74. The van der Waals surface area contributed by atoms with Gasteiger partial charge in [-0.25, -0.2) is 0 Å². The number of ketones is 1. The molecule has 0 radical (unpaired) electrons. The van der Waals surface area contributed by atoms with Crippen molar-refractivity contribution in [3.05, 3.63) is 12.7 Å². The van der Waals surface area contributed by atoms with E-state index in [2.05, 4.69) is 6.58 Å². The summed E-state index contributed by atoms with van der Waals surface area (Å²) in [5.41, 5.74) is -1.93. The summed E-state index contributed by atoms with van der Waals surface area (Å²) in [7, 11) is 1.76. The molecule has 0 fully saturated rings. The minimum atomic E-state index is -4.00. The Labute approximate surface area is 108 Å². The van der Waals surface area contributed by atoms with Crippen molar-refractivity contribution in [2.75, 3.05) is 40.5 Å². The highest BCUT2D eigenvalue weighted by atomic mass is 31.2. The molecule has 0 saturated carbocycles. The molecular weight excluding hydrogens is 257 g/mol. The molecule has 0 spiro atoms. The fourth-order valence-corrected chi connectivity index (χ4v) is 2.58. The lowest BCUT2D eigenvalue weighted by atomic mass is 10.0. The molecule has 106 valence electrons. The quantitative estimate of drug-likeness (QED) is 0.382. The van der Waals surface area contributed by atoms with Gasteiger partial charge < -0.3 is 19.0 Å². The number of quaternary nitrogens is 1. The molecule has 0 aromatic heterocycles. The third-order valence-corrected chi connectivity index (χ3v) is 3.88. The Morgan fingerprint density at radius 1 is 1.50 bits per heavy atom. The maximum absolute atomic E-state index is 11.7. The van der Waals surface area contributed by atoms with E-state index in [0.717, 1.165) is 6.08 Å². The van der Waals surface area contributed by atoms with Crippen LogP contribution in [0.15, 0.2) is 12.7 Å². The summed E-state index contributed by atoms with van der Waals surface area (Å²) in [4.78, 5) is 20.9. The molecule has 2 atom stereocenters. The van der Waals surface area contributed by atoms with Gasteiger partial charge in [0.25, 0.3) is 0 Å². The molecule has 0 bridgehead atoms. The standard InChI is InChI=1S/C11H22NO5P/c1-6-10(13)11(2,14)9-18(15,16)17-8-7-12(3,4)5/h6,14H,1,7-9H2,2-5H3/p+1. The highest BCUT2D eigenvalue weighted by Gasteiger charge is 2.37. The summed E-state index contributed by atoms with van der Waals surface area (Å²) in [5.74, 6) is -0.702. The van der Waals surface area contributed by atoms with Crippen LogP contribution in [0.3, 0.4) is 0 Å². The Balaban J connectivity index is 4.44. The van der Waals surface area contributed by atoms with E-state index in [0.29, 0.717) is 11.0 Å². The molecule has 0 aliphatic rings. The van der Waals surface area contributed by atoms with Crippen LogP contribution >= 0.6 is 7.60 Å². The highest BCUT2D eigenvalue weighted by Crippen LogP contribution is 2.44. The van der Waals surface area contributed by atoms with Gasteiger partial charge in [0.05, 0.1) is 27.3 Å². The van der Waals surface area contributed by atoms with Gasteiger partial charge in [0.1, 0.15) is 18.8 Å². The van der Waals surface area contributed by atoms with Gasteiger partial charge >= 0.3 is 7.60 Å². The van der Waals surface area contributed by atoms with Crippen LogP contribution in [0.4, 0.5) is 0 Å². The van der Waals surface area contributed by atoms with Gasteiger partial charge in [-0.3, -0.25) is 9.36 Å². The second kappa shape index (κ2) is 6.08. The van der Waals surface area contributed by atoms with Crippen molar-refractivity contribution in [3.63, 3.8) is 0 Å². The van der Waals surface area contributed by atoms with E-state index in [-0.39, 0.29) is 6.61 Å². The molecule has 2 N–H and O–H groups in total. The van der Waals surface area contributed by atoms with E-state index in [1.807, 2.05) is 21.1 Å². The van der Waals surface area contributed by atoms with Crippen molar-refractivity contribution < 1.29 is 28.4 Å². The van der Waals surface area contributed by atoms with Crippen molar-refractivity contribution in [2.45, 2.75) is 12.5 Å². The predicted octanol–water partition coefficient (Wildman–Crippen LogP) is 0.401. The van der Waals surface area contributed by atoms with Crippen LogP contribution in [-0.2, 0) is 13.9 Å². The molecule has 0 aromatic carbocycles. The second-order valence-electron chi connectivity index (χ2n) is 5.48. The summed E-state index contributed by atoms with van der Waals surface area (Å²) in [6, 6.07) is 0. The molecular formula is C11H23NO5P+. The normalized spacial score (nSPS) is 18.8. The first-order valence-corrected chi connectivity index (χ1v) is 7.32. The number of likely N-dealkylation sites (N-methyl/N-ethyl adjacent to an activating group) is 1. The summed E-state index contributed by atoms with van der Waals surface area (Å²) in [6.45, 7) is 5.02. The summed E-state index contributed by atoms with van der Waals surface area (Å²) < 4.78 is 17.2. The van der Waals surface area contributed by atoms with Crippen LogP contribution in [0.1, 0.15) is 6.92 Å². The van der Waals surface area contributed by atoms with Gasteiger partial charge in [0.15, 0.2) is 5.78 Å². The average Bonchev–Trinajstić information content (AvgIpc) is 2.11. The first-order chi connectivity index (χ1) is 7.90. The fourth-order valence-electron chi connectivity index (χ4n) is 1.19. The van der Waals surface area contributed by atoms with Gasteiger partial charge in [0, 0.05) is 0 Å². The number of carbonyl (C=O) groups is 1. The molecule has 0 amide bonds. The van der Waals surface area contributed by atoms with Crippen LogP contribution in [0.5, 0.6) is 0 Å². The lowest BCUT2D eigenvalue weighted by Gasteiger charge is -2.26. The number of aliphatic hydroxyl groups is 1. The minimum absolute atomic E-state index is 0.0790. The van der Waals surface area contributed by atoms with Crippen LogP contribution in [-0.4, -0.2) is 66.3 Å². The minimum Gasteiger partial charge on any atom is -0.381 e. The lowest BCUT2D eigenvalue weighted by Crippen LogP contribution is -2.39. The maximum atomic E-state index is 11.7. The van der Waals surface area contributed by atoms with Gasteiger partial charge in [-0.05, 0) is 13.0 Å². The molecule has 0 rings (SSSR count). The Morgan fingerprint density at radius 2 is 2.00 bits per heavy atom. The van der Waals surface area contributed by atoms with E-state index in [1.165, 1.54) is 6.92 Å². The molecule has 0 aromatic rings. The largest absolute Gasteiger partial charge is 0.381 e. The predicted molar refractivity (Wildman–Crippen MR) is 69.4 cm³/mol. The van der Waals surface area contributed by atoms with Gasteiger partial charge in [-0.2, -0.15) is 0 Å². The molecule has 18 heavy (non-hydrogen) atoms. The first-order valence-electron chi connectivity index (χ1n) is 5.56. The van der Waals surface area contributed by atoms with Crippen molar-refractivity contribution in [1.29, 1.82) is 0 Å². The van der Waals surface area contributed by atoms with Crippen LogP contribution in [0.25, 0.3) is 0 Å². The van der Waals surface area contributed by atoms with Gasteiger partial charge in [-0.15, -0.1) is 0 Å². The zero-order chi connectivity index (χ0) is 14.6. The summed E-state index contributed by atoms with van der Waals surface area (Å²) >= 11 is 0. The third-order valence-electron chi connectivity index (χ3n) is 2.28. The third kappa shape index (κ3) is 7.03. The van der Waals surface area contributed by atoms with Gasteiger partial charge in [-0.1, -0.05) is 6.58 Å². The Hall–Kier alpha value is -0.520. The summed E-state index contributed by atoms with van der Waals surface area (Å²) in [6.07, 6.45) is 0.286. The van der Waals surface area contributed by atoms with Crippen molar-refractivity contribution >= 4 is 13.4 Å². The van der Waals surface area contributed by atoms with Gasteiger partial charge in [0.2, 0.25) is 0 Å². The number of nitrogens with zero attached hydrogens (tertiary/aromatic N) is 1. The van der Waals surface area contributed by atoms with Crippen LogP contribution < -0.4 is 0 Å². The van der Waals surface area contributed by atoms with E-state index in [1.54, 1.807) is 0 Å². The van der Waals surface area contributed by atoms with Crippen LogP contribution in [0.2, 0.25) is 0 Å². The van der Waals surface area contributed by atoms with Crippen molar-refractivity contribution in [1.82, 2.24) is 0 Å². The number of rotatable bonds is 8.